The van der Waals surface area contributed by atoms with Gasteiger partial charge in [-0.3, -0.25) is 0 Å². The molecule has 2 nitrogen and oxygen atoms in total. The number of rotatable bonds is 3. The van der Waals surface area contributed by atoms with Crippen molar-refractivity contribution in [3.8, 4) is 0 Å². The number of hydrogen-bond acceptors (Lipinski definition) is 2. The Balaban J connectivity index is 2.11. The minimum atomic E-state index is 0.233. The number of hydrogen-bond donors (Lipinski definition) is 1. The van der Waals surface area contributed by atoms with E-state index in [0.29, 0.717) is 0 Å². The van der Waals surface area contributed by atoms with Gasteiger partial charge in [-0.25, -0.2) is 0 Å². The maximum atomic E-state index is 3.45. The van der Waals surface area contributed by atoms with Gasteiger partial charge in [0.05, 0.1) is 0 Å². The molecule has 0 saturated carbocycles. The second-order valence-electron chi connectivity index (χ2n) is 6.99. The highest BCUT2D eigenvalue weighted by Crippen LogP contribution is 2.28. The third-order valence-electron chi connectivity index (χ3n) is 4.17. The number of anilines is 1. The van der Waals surface area contributed by atoms with Crippen LogP contribution >= 0.6 is 0 Å². The molecule has 1 heterocycles. The van der Waals surface area contributed by atoms with Gasteiger partial charge in [0, 0.05) is 19.3 Å². The Morgan fingerprint density at radius 3 is 2.58 bits per heavy atom. The molecule has 19 heavy (non-hydrogen) atoms. The zero-order chi connectivity index (χ0) is 14.0. The van der Waals surface area contributed by atoms with Crippen LogP contribution in [0.15, 0.2) is 18.2 Å². The van der Waals surface area contributed by atoms with Gasteiger partial charge in [0.25, 0.3) is 0 Å². The molecule has 1 saturated heterocycles. The van der Waals surface area contributed by atoms with Gasteiger partial charge in [0.2, 0.25) is 0 Å². The van der Waals surface area contributed by atoms with Crippen LogP contribution < -0.4 is 10.2 Å². The van der Waals surface area contributed by atoms with E-state index < -0.39 is 0 Å². The van der Waals surface area contributed by atoms with Crippen LogP contribution in [0, 0.1) is 12.8 Å². The molecule has 1 fully saturated rings. The first-order valence-electron chi connectivity index (χ1n) is 7.41. The van der Waals surface area contributed by atoms with Gasteiger partial charge in [-0.15, -0.1) is 0 Å². The minimum Gasteiger partial charge on any atom is -0.374 e. The lowest BCUT2D eigenvalue weighted by Crippen LogP contribution is -2.27. The standard InChI is InChI=1S/C17H28N2/c1-13-10-15(17(2,3)4)6-7-16(13)19(5)12-14-8-9-18-11-14/h6-7,10,14,18H,8-9,11-12H2,1-5H3. The van der Waals surface area contributed by atoms with Gasteiger partial charge in [-0.2, -0.15) is 0 Å². The topological polar surface area (TPSA) is 15.3 Å². The SMILES string of the molecule is Cc1cc(C(C)(C)C)ccc1N(C)CC1CCNC1. The molecule has 0 aliphatic carbocycles. The Bertz CT molecular complexity index is 425. The smallest absolute Gasteiger partial charge is 0.0393 e. The summed E-state index contributed by atoms with van der Waals surface area (Å²) in [5, 5.41) is 3.45. The third kappa shape index (κ3) is 3.50. The molecule has 2 heteroatoms. The van der Waals surface area contributed by atoms with Crippen molar-refractivity contribution in [2.75, 3.05) is 31.6 Å². The molecule has 1 aliphatic heterocycles. The minimum absolute atomic E-state index is 0.233. The van der Waals surface area contributed by atoms with Gasteiger partial charge >= 0.3 is 0 Å². The zero-order valence-electron chi connectivity index (χ0n) is 13.1. The monoisotopic (exact) mass is 260 g/mol. The summed E-state index contributed by atoms with van der Waals surface area (Å²) in [7, 11) is 2.22. The van der Waals surface area contributed by atoms with Gasteiger partial charge in [0.15, 0.2) is 0 Å². The predicted molar refractivity (Wildman–Crippen MR) is 84.1 cm³/mol. The van der Waals surface area contributed by atoms with Crippen LogP contribution in [0.25, 0.3) is 0 Å². The summed E-state index contributed by atoms with van der Waals surface area (Å²) in [6.45, 7) is 12.6. The lowest BCUT2D eigenvalue weighted by molar-refractivity contribution is 0.576. The van der Waals surface area contributed by atoms with Gasteiger partial charge in [0.1, 0.15) is 0 Å². The van der Waals surface area contributed by atoms with E-state index in [9.17, 15) is 0 Å². The van der Waals surface area contributed by atoms with Gasteiger partial charge < -0.3 is 10.2 Å². The maximum absolute atomic E-state index is 3.45. The summed E-state index contributed by atoms with van der Waals surface area (Å²) in [6.07, 6.45) is 1.31. The fraction of sp³-hybridized carbons (Fsp3) is 0.647. The lowest BCUT2D eigenvalue weighted by atomic mass is 9.86. The first-order chi connectivity index (χ1) is 8.88. The third-order valence-corrected chi connectivity index (χ3v) is 4.17. The van der Waals surface area contributed by atoms with Crippen molar-refractivity contribution in [1.82, 2.24) is 5.32 Å². The Labute approximate surface area is 118 Å². The molecule has 1 N–H and O–H groups in total. The summed E-state index contributed by atoms with van der Waals surface area (Å²) in [6, 6.07) is 6.92. The summed E-state index contributed by atoms with van der Waals surface area (Å²) < 4.78 is 0. The first kappa shape index (κ1) is 14.4. The second kappa shape index (κ2) is 5.54. The molecule has 0 amide bonds. The first-order valence-corrected chi connectivity index (χ1v) is 7.41. The van der Waals surface area contributed by atoms with Crippen molar-refractivity contribution in [2.24, 2.45) is 5.92 Å². The Hall–Kier alpha value is -1.02. The number of nitrogens with zero attached hydrogens (tertiary/aromatic N) is 1. The quantitative estimate of drug-likeness (QED) is 0.896. The van der Waals surface area contributed by atoms with Crippen LogP contribution in [0.2, 0.25) is 0 Å². The van der Waals surface area contributed by atoms with E-state index in [2.05, 4.69) is 63.2 Å². The van der Waals surface area contributed by atoms with E-state index in [1.807, 2.05) is 0 Å². The molecule has 2 rings (SSSR count). The van der Waals surface area contributed by atoms with E-state index >= 15 is 0 Å². The largest absolute Gasteiger partial charge is 0.374 e. The molecule has 1 atom stereocenters. The summed E-state index contributed by atoms with van der Waals surface area (Å²) in [5.41, 5.74) is 4.42. The maximum Gasteiger partial charge on any atom is 0.0393 e. The molecule has 1 unspecified atom stereocenters. The molecule has 1 aromatic carbocycles. The number of nitrogens with one attached hydrogen (secondary N) is 1. The molecule has 1 aromatic rings. The van der Waals surface area contributed by atoms with Crippen LogP contribution in [0.1, 0.15) is 38.3 Å². The van der Waals surface area contributed by atoms with Crippen molar-refractivity contribution >= 4 is 5.69 Å². The van der Waals surface area contributed by atoms with E-state index in [-0.39, 0.29) is 5.41 Å². The van der Waals surface area contributed by atoms with Crippen molar-refractivity contribution in [3.63, 3.8) is 0 Å². The van der Waals surface area contributed by atoms with E-state index in [0.717, 1.165) is 12.5 Å². The van der Waals surface area contributed by atoms with Crippen molar-refractivity contribution in [2.45, 2.75) is 39.5 Å². The van der Waals surface area contributed by atoms with Gasteiger partial charge in [-0.05, 0) is 55.0 Å². The average Bonchev–Trinajstić information content (AvgIpc) is 2.80. The fourth-order valence-electron chi connectivity index (χ4n) is 2.91. The Kier molecular flexibility index (Phi) is 4.19. The van der Waals surface area contributed by atoms with Crippen LogP contribution in [-0.4, -0.2) is 26.7 Å². The molecular formula is C17H28N2. The molecule has 0 aromatic heterocycles. The summed E-state index contributed by atoms with van der Waals surface area (Å²) in [5.74, 6) is 0.798. The molecule has 0 spiro atoms. The summed E-state index contributed by atoms with van der Waals surface area (Å²) >= 11 is 0. The van der Waals surface area contributed by atoms with Crippen molar-refractivity contribution in [3.05, 3.63) is 29.3 Å². The Morgan fingerprint density at radius 1 is 1.32 bits per heavy atom. The average molecular weight is 260 g/mol. The zero-order valence-corrected chi connectivity index (χ0v) is 13.1. The predicted octanol–water partition coefficient (Wildman–Crippen LogP) is 3.34. The lowest BCUT2D eigenvalue weighted by Gasteiger charge is -2.27. The van der Waals surface area contributed by atoms with Crippen LogP contribution in [0.5, 0.6) is 0 Å². The molecule has 1 aliphatic rings. The molecule has 0 bridgehead atoms. The fourth-order valence-corrected chi connectivity index (χ4v) is 2.91. The Morgan fingerprint density at radius 2 is 2.05 bits per heavy atom. The van der Waals surface area contributed by atoms with Gasteiger partial charge in [-0.1, -0.05) is 32.9 Å². The number of benzene rings is 1. The van der Waals surface area contributed by atoms with Crippen LogP contribution in [0.3, 0.4) is 0 Å². The van der Waals surface area contributed by atoms with E-state index in [4.69, 9.17) is 0 Å². The molecular weight excluding hydrogens is 232 g/mol. The van der Waals surface area contributed by atoms with E-state index in [1.165, 1.54) is 36.3 Å². The highest BCUT2D eigenvalue weighted by molar-refractivity contribution is 5.54. The number of aryl methyl sites for hydroxylation is 1. The van der Waals surface area contributed by atoms with Crippen molar-refractivity contribution < 1.29 is 0 Å². The van der Waals surface area contributed by atoms with Crippen molar-refractivity contribution in [1.29, 1.82) is 0 Å². The van der Waals surface area contributed by atoms with E-state index in [1.54, 1.807) is 0 Å². The second-order valence-corrected chi connectivity index (χ2v) is 6.99. The normalized spacial score (nSPS) is 19.7. The van der Waals surface area contributed by atoms with Crippen LogP contribution in [-0.2, 0) is 5.41 Å². The highest BCUT2D eigenvalue weighted by Gasteiger charge is 2.19. The highest BCUT2D eigenvalue weighted by atomic mass is 15.1. The molecule has 0 radical (unpaired) electrons. The molecule has 106 valence electrons. The van der Waals surface area contributed by atoms with Crippen LogP contribution in [0.4, 0.5) is 5.69 Å². The summed E-state index contributed by atoms with van der Waals surface area (Å²) in [4.78, 5) is 2.42.